The number of rotatable bonds is 10. The molecule has 9 nitrogen and oxygen atoms in total. The molecular formula is C22H35N3O6. The third-order valence-electron chi connectivity index (χ3n) is 4.42. The Hall–Kier alpha value is -2.81. The standard InChI is InChI=1S/C22H35N3O6/c1-6-8-13-23-19(28)18(15-11-9-10-12-17(15)27)25(7-2)20(29)16(14-26)24-21(30)31-22(3,4)5/h9-12,16,18,26-27H,6-8,13-14H2,1-5H3,(H,23,28)(H,24,30). The Morgan fingerprint density at radius 3 is 2.32 bits per heavy atom. The molecule has 0 radical (unpaired) electrons. The Morgan fingerprint density at radius 2 is 1.81 bits per heavy atom. The Morgan fingerprint density at radius 1 is 1.16 bits per heavy atom. The van der Waals surface area contributed by atoms with Crippen molar-refractivity contribution in [3.8, 4) is 5.75 Å². The van der Waals surface area contributed by atoms with E-state index < -0.39 is 42.2 Å². The van der Waals surface area contributed by atoms with Crippen molar-refractivity contribution in [3.05, 3.63) is 29.8 Å². The van der Waals surface area contributed by atoms with Gasteiger partial charge in [-0.1, -0.05) is 31.5 Å². The maximum Gasteiger partial charge on any atom is 0.408 e. The number of amides is 3. The number of benzene rings is 1. The number of ether oxygens (including phenoxy) is 1. The molecule has 174 valence electrons. The minimum atomic E-state index is -1.31. The van der Waals surface area contributed by atoms with Crippen molar-refractivity contribution in [1.82, 2.24) is 15.5 Å². The predicted octanol–water partition coefficient (Wildman–Crippen LogP) is 2.08. The van der Waals surface area contributed by atoms with Gasteiger partial charge in [-0.2, -0.15) is 0 Å². The van der Waals surface area contributed by atoms with Gasteiger partial charge in [0.25, 0.3) is 0 Å². The zero-order valence-corrected chi connectivity index (χ0v) is 19.0. The van der Waals surface area contributed by atoms with Crippen LogP contribution in [0.4, 0.5) is 4.79 Å². The summed E-state index contributed by atoms with van der Waals surface area (Å²) >= 11 is 0. The number of likely N-dealkylation sites (N-methyl/N-ethyl adjacent to an activating group) is 1. The van der Waals surface area contributed by atoms with Gasteiger partial charge in [-0.15, -0.1) is 0 Å². The Balaban J connectivity index is 3.20. The Labute approximate surface area is 183 Å². The second-order valence-electron chi connectivity index (χ2n) is 8.11. The van der Waals surface area contributed by atoms with Gasteiger partial charge >= 0.3 is 6.09 Å². The summed E-state index contributed by atoms with van der Waals surface area (Å²) in [4.78, 5) is 39.5. The van der Waals surface area contributed by atoms with E-state index in [2.05, 4.69) is 10.6 Å². The third-order valence-corrected chi connectivity index (χ3v) is 4.42. The van der Waals surface area contributed by atoms with Crippen molar-refractivity contribution in [3.63, 3.8) is 0 Å². The summed E-state index contributed by atoms with van der Waals surface area (Å²) in [6.07, 6.45) is 0.783. The number of hydrogen-bond donors (Lipinski definition) is 4. The molecule has 9 heteroatoms. The molecule has 0 spiro atoms. The van der Waals surface area contributed by atoms with Crippen LogP contribution in [-0.2, 0) is 14.3 Å². The van der Waals surface area contributed by atoms with Crippen molar-refractivity contribution in [2.75, 3.05) is 19.7 Å². The molecule has 2 unspecified atom stereocenters. The van der Waals surface area contributed by atoms with E-state index in [9.17, 15) is 24.6 Å². The molecule has 1 rings (SSSR count). The van der Waals surface area contributed by atoms with E-state index in [0.717, 1.165) is 12.8 Å². The van der Waals surface area contributed by atoms with Crippen LogP contribution in [0.25, 0.3) is 0 Å². The number of carbonyl (C=O) groups is 3. The number of aliphatic hydroxyl groups is 1. The van der Waals surface area contributed by atoms with Crippen LogP contribution in [0.2, 0.25) is 0 Å². The molecule has 0 heterocycles. The van der Waals surface area contributed by atoms with Crippen LogP contribution in [-0.4, -0.2) is 64.4 Å². The average molecular weight is 438 g/mol. The average Bonchev–Trinajstić information content (AvgIpc) is 2.69. The maximum atomic E-state index is 13.2. The zero-order valence-electron chi connectivity index (χ0n) is 19.0. The van der Waals surface area contributed by atoms with Gasteiger partial charge in [-0.3, -0.25) is 9.59 Å². The highest BCUT2D eigenvalue weighted by atomic mass is 16.6. The summed E-state index contributed by atoms with van der Waals surface area (Å²) in [5.41, 5.74) is -0.532. The van der Waals surface area contributed by atoms with Crippen LogP contribution in [0, 0.1) is 0 Å². The van der Waals surface area contributed by atoms with Gasteiger partial charge in [0.1, 0.15) is 23.4 Å². The van der Waals surface area contributed by atoms with Crippen molar-refractivity contribution in [2.45, 2.75) is 65.1 Å². The molecule has 0 bridgehead atoms. The van der Waals surface area contributed by atoms with Crippen molar-refractivity contribution < 1.29 is 29.3 Å². The van der Waals surface area contributed by atoms with Gasteiger partial charge in [0.2, 0.25) is 11.8 Å². The molecule has 0 saturated heterocycles. The van der Waals surface area contributed by atoms with Gasteiger partial charge in [-0.05, 0) is 40.2 Å². The normalized spacial score (nSPS) is 13.1. The van der Waals surface area contributed by atoms with Crippen LogP contribution in [0.5, 0.6) is 5.75 Å². The van der Waals surface area contributed by atoms with Crippen LogP contribution < -0.4 is 10.6 Å². The van der Waals surface area contributed by atoms with Gasteiger partial charge < -0.3 is 30.5 Å². The lowest BCUT2D eigenvalue weighted by Crippen LogP contribution is -2.54. The van der Waals surface area contributed by atoms with Crippen LogP contribution in [0.15, 0.2) is 24.3 Å². The molecule has 0 fully saturated rings. The number of hydrogen-bond acceptors (Lipinski definition) is 6. The van der Waals surface area contributed by atoms with Crippen molar-refractivity contribution in [2.24, 2.45) is 0 Å². The molecular weight excluding hydrogens is 402 g/mol. The molecule has 0 aliphatic heterocycles. The largest absolute Gasteiger partial charge is 0.508 e. The molecule has 0 saturated carbocycles. The Bertz CT molecular complexity index is 747. The van der Waals surface area contributed by atoms with E-state index >= 15 is 0 Å². The summed E-state index contributed by atoms with van der Waals surface area (Å²) in [6, 6.07) is 3.82. The third kappa shape index (κ3) is 8.09. The van der Waals surface area contributed by atoms with E-state index in [1.807, 2.05) is 6.92 Å². The van der Waals surface area contributed by atoms with Gasteiger partial charge in [0.15, 0.2) is 0 Å². The van der Waals surface area contributed by atoms with E-state index in [4.69, 9.17) is 4.74 Å². The summed E-state index contributed by atoms with van der Waals surface area (Å²) in [5, 5.41) is 25.2. The molecule has 1 aromatic carbocycles. The number of unbranched alkanes of at least 4 members (excludes halogenated alkanes) is 1. The topological polar surface area (TPSA) is 128 Å². The predicted molar refractivity (Wildman–Crippen MR) is 116 cm³/mol. The monoisotopic (exact) mass is 437 g/mol. The molecule has 3 amide bonds. The molecule has 0 aliphatic carbocycles. The van der Waals surface area contributed by atoms with E-state index in [0.29, 0.717) is 6.54 Å². The van der Waals surface area contributed by atoms with Gasteiger partial charge in [0, 0.05) is 18.7 Å². The van der Waals surface area contributed by atoms with Crippen molar-refractivity contribution >= 4 is 17.9 Å². The number of alkyl carbamates (subject to hydrolysis) is 1. The first-order valence-corrected chi connectivity index (χ1v) is 10.5. The molecule has 2 atom stereocenters. The van der Waals surface area contributed by atoms with Crippen LogP contribution in [0.1, 0.15) is 59.1 Å². The quantitative estimate of drug-likeness (QED) is 0.415. The number of nitrogens with one attached hydrogen (secondary N) is 2. The SMILES string of the molecule is CCCCNC(=O)C(c1ccccc1O)N(CC)C(=O)C(CO)NC(=O)OC(C)(C)C. The highest BCUT2D eigenvalue weighted by Gasteiger charge is 2.36. The number of carbonyl (C=O) groups excluding carboxylic acids is 3. The first-order valence-electron chi connectivity index (χ1n) is 10.5. The minimum absolute atomic E-state index is 0.103. The van der Waals surface area contributed by atoms with E-state index in [-0.39, 0.29) is 17.9 Å². The Kier molecular flexibility index (Phi) is 10.3. The second kappa shape index (κ2) is 12.1. The van der Waals surface area contributed by atoms with Crippen LogP contribution >= 0.6 is 0 Å². The minimum Gasteiger partial charge on any atom is -0.508 e. The lowest BCUT2D eigenvalue weighted by molar-refractivity contribution is -0.143. The number of nitrogens with zero attached hydrogens (tertiary/aromatic N) is 1. The lowest BCUT2D eigenvalue weighted by atomic mass is 10.0. The molecule has 4 N–H and O–H groups in total. The molecule has 0 aliphatic rings. The summed E-state index contributed by atoms with van der Waals surface area (Å²) in [5.74, 6) is -1.26. The number of phenolic OH excluding ortho intramolecular Hbond substituents is 1. The summed E-state index contributed by atoms with van der Waals surface area (Å²) < 4.78 is 5.16. The van der Waals surface area contributed by atoms with Gasteiger partial charge in [-0.25, -0.2) is 4.79 Å². The highest BCUT2D eigenvalue weighted by molar-refractivity contribution is 5.92. The van der Waals surface area contributed by atoms with Crippen molar-refractivity contribution in [1.29, 1.82) is 0 Å². The number of para-hydroxylation sites is 1. The lowest BCUT2D eigenvalue weighted by Gasteiger charge is -2.33. The summed E-state index contributed by atoms with van der Waals surface area (Å²) in [7, 11) is 0. The first kappa shape index (κ1) is 26.2. The summed E-state index contributed by atoms with van der Waals surface area (Å²) in [6.45, 7) is 8.53. The first-order chi connectivity index (χ1) is 14.6. The number of aliphatic hydroxyl groups excluding tert-OH is 1. The van der Waals surface area contributed by atoms with E-state index in [1.54, 1.807) is 45.9 Å². The fourth-order valence-corrected chi connectivity index (χ4v) is 2.96. The molecule has 0 aromatic heterocycles. The zero-order chi connectivity index (χ0) is 23.6. The highest BCUT2D eigenvalue weighted by Crippen LogP contribution is 2.29. The maximum absolute atomic E-state index is 13.2. The number of phenols is 1. The second-order valence-corrected chi connectivity index (χ2v) is 8.11. The fourth-order valence-electron chi connectivity index (χ4n) is 2.96. The molecule has 1 aromatic rings. The van der Waals surface area contributed by atoms with E-state index in [1.165, 1.54) is 11.0 Å². The fraction of sp³-hybridized carbons (Fsp3) is 0.591. The van der Waals surface area contributed by atoms with Crippen LogP contribution in [0.3, 0.4) is 0 Å². The molecule has 31 heavy (non-hydrogen) atoms. The van der Waals surface area contributed by atoms with Gasteiger partial charge in [0.05, 0.1) is 6.61 Å². The number of aromatic hydroxyl groups is 1. The smallest absolute Gasteiger partial charge is 0.408 e.